The minimum atomic E-state index is -3.41. The fourth-order valence-corrected chi connectivity index (χ4v) is 4.03. The molecule has 1 aliphatic heterocycles. The van der Waals surface area contributed by atoms with Crippen LogP contribution in [-0.4, -0.2) is 45.0 Å². The van der Waals surface area contributed by atoms with E-state index in [0.29, 0.717) is 23.7 Å². The number of hydrogen-bond acceptors (Lipinski definition) is 4. The summed E-state index contributed by atoms with van der Waals surface area (Å²) in [5, 5.41) is 3.16. The van der Waals surface area contributed by atoms with Crippen LogP contribution in [-0.2, 0) is 10.0 Å². The highest BCUT2D eigenvalue weighted by Gasteiger charge is 2.29. The molecule has 118 valence electrons. The molecule has 1 aliphatic rings. The molecule has 1 atom stereocenters. The summed E-state index contributed by atoms with van der Waals surface area (Å²) in [5.74, 6) is 0.690. The molecule has 0 spiro atoms. The molecule has 1 aromatic carbocycles. The average molecular weight is 312 g/mol. The summed E-state index contributed by atoms with van der Waals surface area (Å²) in [6.45, 7) is 5.00. The molecule has 0 saturated carbocycles. The molecule has 0 amide bonds. The highest BCUT2D eigenvalue weighted by Crippen LogP contribution is 2.23. The van der Waals surface area contributed by atoms with E-state index in [1.54, 1.807) is 28.6 Å². The van der Waals surface area contributed by atoms with Gasteiger partial charge in [-0.1, -0.05) is 0 Å². The Morgan fingerprint density at radius 3 is 2.52 bits per heavy atom. The Kier molecular flexibility index (Phi) is 5.24. The number of ether oxygens (including phenoxy) is 1. The molecule has 1 N–H and O–H groups in total. The van der Waals surface area contributed by atoms with Gasteiger partial charge in [0.05, 0.1) is 11.0 Å². The SMILES string of the molecule is CNC1CCCN(S(=O)(=O)c2ccc(OC(C)C)cc2)C1. The van der Waals surface area contributed by atoms with Crippen molar-refractivity contribution in [1.82, 2.24) is 9.62 Å². The van der Waals surface area contributed by atoms with Crippen LogP contribution in [0.5, 0.6) is 5.75 Å². The van der Waals surface area contributed by atoms with Crippen molar-refractivity contribution >= 4 is 10.0 Å². The first-order chi connectivity index (χ1) is 9.93. The largest absolute Gasteiger partial charge is 0.491 e. The summed E-state index contributed by atoms with van der Waals surface area (Å²) >= 11 is 0. The fraction of sp³-hybridized carbons (Fsp3) is 0.600. The van der Waals surface area contributed by atoms with Crippen molar-refractivity contribution in [2.45, 2.75) is 43.7 Å². The van der Waals surface area contributed by atoms with Gasteiger partial charge in [-0.3, -0.25) is 0 Å². The van der Waals surface area contributed by atoms with Crippen molar-refractivity contribution < 1.29 is 13.2 Å². The third-order valence-corrected chi connectivity index (χ3v) is 5.51. The zero-order chi connectivity index (χ0) is 15.5. The van der Waals surface area contributed by atoms with Crippen molar-refractivity contribution in [3.63, 3.8) is 0 Å². The van der Waals surface area contributed by atoms with Crippen LogP contribution in [0.1, 0.15) is 26.7 Å². The number of rotatable bonds is 5. The van der Waals surface area contributed by atoms with Crippen LogP contribution < -0.4 is 10.1 Å². The van der Waals surface area contributed by atoms with Gasteiger partial charge in [0, 0.05) is 19.1 Å². The van der Waals surface area contributed by atoms with E-state index in [1.807, 2.05) is 20.9 Å². The van der Waals surface area contributed by atoms with Gasteiger partial charge in [-0.15, -0.1) is 0 Å². The minimum Gasteiger partial charge on any atom is -0.491 e. The molecule has 21 heavy (non-hydrogen) atoms. The number of benzene rings is 1. The van der Waals surface area contributed by atoms with Crippen molar-refractivity contribution in [2.24, 2.45) is 0 Å². The van der Waals surface area contributed by atoms with Gasteiger partial charge in [0.15, 0.2) is 0 Å². The van der Waals surface area contributed by atoms with Gasteiger partial charge in [-0.2, -0.15) is 4.31 Å². The zero-order valence-corrected chi connectivity index (χ0v) is 13.7. The minimum absolute atomic E-state index is 0.0749. The predicted molar refractivity (Wildman–Crippen MR) is 83.0 cm³/mol. The lowest BCUT2D eigenvalue weighted by molar-refractivity contribution is 0.242. The molecule has 0 aliphatic carbocycles. The van der Waals surface area contributed by atoms with Crippen molar-refractivity contribution in [2.75, 3.05) is 20.1 Å². The molecular weight excluding hydrogens is 288 g/mol. The molecule has 6 heteroatoms. The average Bonchev–Trinajstić information content (AvgIpc) is 2.47. The lowest BCUT2D eigenvalue weighted by Crippen LogP contribution is -2.46. The van der Waals surface area contributed by atoms with Crippen LogP contribution in [0, 0.1) is 0 Å². The van der Waals surface area contributed by atoms with E-state index in [9.17, 15) is 8.42 Å². The van der Waals surface area contributed by atoms with Gasteiger partial charge in [-0.25, -0.2) is 8.42 Å². The van der Waals surface area contributed by atoms with Crippen LogP contribution >= 0.6 is 0 Å². The third kappa shape index (κ3) is 3.96. The molecular formula is C15H24N2O3S. The second-order valence-electron chi connectivity index (χ2n) is 5.63. The number of nitrogens with zero attached hydrogens (tertiary/aromatic N) is 1. The van der Waals surface area contributed by atoms with E-state index in [4.69, 9.17) is 4.74 Å². The second-order valence-corrected chi connectivity index (χ2v) is 7.57. The van der Waals surface area contributed by atoms with Gasteiger partial charge in [-0.05, 0) is 58.0 Å². The summed E-state index contributed by atoms with van der Waals surface area (Å²) in [5.41, 5.74) is 0. The van der Waals surface area contributed by atoms with E-state index < -0.39 is 10.0 Å². The summed E-state index contributed by atoms with van der Waals surface area (Å²) in [7, 11) is -1.54. The highest BCUT2D eigenvalue weighted by atomic mass is 32.2. The van der Waals surface area contributed by atoms with Gasteiger partial charge in [0.2, 0.25) is 10.0 Å². The van der Waals surface area contributed by atoms with Crippen molar-refractivity contribution in [1.29, 1.82) is 0 Å². The normalized spacial score (nSPS) is 20.7. The van der Waals surface area contributed by atoms with Gasteiger partial charge in [0.25, 0.3) is 0 Å². The van der Waals surface area contributed by atoms with Crippen molar-refractivity contribution in [3.05, 3.63) is 24.3 Å². The van der Waals surface area contributed by atoms with E-state index >= 15 is 0 Å². The molecule has 1 fully saturated rings. The van der Waals surface area contributed by atoms with Crippen LogP contribution in [0.3, 0.4) is 0 Å². The lowest BCUT2D eigenvalue weighted by atomic mass is 10.1. The van der Waals surface area contributed by atoms with E-state index in [-0.39, 0.29) is 12.1 Å². The van der Waals surface area contributed by atoms with Crippen LogP contribution in [0.2, 0.25) is 0 Å². The first-order valence-electron chi connectivity index (χ1n) is 7.37. The van der Waals surface area contributed by atoms with Gasteiger partial charge >= 0.3 is 0 Å². The second kappa shape index (κ2) is 6.77. The zero-order valence-electron chi connectivity index (χ0n) is 12.9. The Bertz CT molecular complexity index is 555. The summed E-state index contributed by atoms with van der Waals surface area (Å²) < 4.78 is 32.4. The van der Waals surface area contributed by atoms with E-state index in [2.05, 4.69) is 5.32 Å². The molecule has 5 nitrogen and oxygen atoms in total. The van der Waals surface area contributed by atoms with Crippen LogP contribution in [0.4, 0.5) is 0 Å². The molecule has 0 bridgehead atoms. The van der Waals surface area contributed by atoms with E-state index in [0.717, 1.165) is 12.8 Å². The Morgan fingerprint density at radius 2 is 1.95 bits per heavy atom. The number of likely N-dealkylation sites (N-methyl/N-ethyl adjacent to an activating group) is 1. The van der Waals surface area contributed by atoms with Gasteiger partial charge in [0.1, 0.15) is 5.75 Å². The number of hydrogen-bond donors (Lipinski definition) is 1. The summed E-state index contributed by atoms with van der Waals surface area (Å²) in [4.78, 5) is 0.329. The predicted octanol–water partition coefficient (Wildman–Crippen LogP) is 1.85. The third-order valence-electron chi connectivity index (χ3n) is 3.63. The number of sulfonamides is 1. The van der Waals surface area contributed by atoms with Gasteiger partial charge < -0.3 is 10.1 Å². The molecule has 1 saturated heterocycles. The molecule has 0 aromatic heterocycles. The Labute approximate surface area is 127 Å². The van der Waals surface area contributed by atoms with Crippen LogP contribution in [0.25, 0.3) is 0 Å². The van der Waals surface area contributed by atoms with E-state index in [1.165, 1.54) is 0 Å². The standard InChI is InChI=1S/C15H24N2O3S/c1-12(2)20-14-6-8-15(9-7-14)21(18,19)17-10-4-5-13(11-17)16-3/h6-9,12-13,16H,4-5,10-11H2,1-3H3. The monoisotopic (exact) mass is 312 g/mol. The lowest BCUT2D eigenvalue weighted by Gasteiger charge is -2.31. The Balaban J connectivity index is 2.15. The molecule has 1 unspecified atom stereocenters. The summed E-state index contributed by atoms with van der Waals surface area (Å²) in [6.07, 6.45) is 1.98. The Morgan fingerprint density at radius 1 is 1.29 bits per heavy atom. The maximum absolute atomic E-state index is 12.6. The maximum Gasteiger partial charge on any atom is 0.243 e. The first-order valence-corrected chi connectivity index (χ1v) is 8.81. The highest BCUT2D eigenvalue weighted by molar-refractivity contribution is 7.89. The molecule has 1 heterocycles. The Hall–Kier alpha value is -1.11. The van der Waals surface area contributed by atoms with Crippen LogP contribution in [0.15, 0.2) is 29.2 Å². The maximum atomic E-state index is 12.6. The molecule has 2 rings (SSSR count). The molecule has 1 aromatic rings. The van der Waals surface area contributed by atoms with Crippen molar-refractivity contribution in [3.8, 4) is 5.75 Å². The fourth-order valence-electron chi connectivity index (χ4n) is 2.51. The molecule has 0 radical (unpaired) electrons. The number of nitrogens with one attached hydrogen (secondary N) is 1. The summed E-state index contributed by atoms with van der Waals surface area (Å²) in [6, 6.07) is 6.90. The number of piperidine rings is 1. The topological polar surface area (TPSA) is 58.6 Å². The quantitative estimate of drug-likeness (QED) is 0.901. The smallest absolute Gasteiger partial charge is 0.243 e. The first kappa shape index (κ1) is 16.3.